The Bertz CT molecular complexity index is 1610. The van der Waals surface area contributed by atoms with Crippen LogP contribution in [0.25, 0.3) is 0 Å². The third-order valence-corrected chi connectivity index (χ3v) is 7.93. The number of likely N-dealkylation sites (N-methyl/N-ethyl adjacent to an activating group) is 2. The molecule has 0 spiro atoms. The lowest BCUT2D eigenvalue weighted by molar-refractivity contribution is -0.142. The van der Waals surface area contributed by atoms with Gasteiger partial charge in [-0.1, -0.05) is 36.4 Å². The first-order valence-corrected chi connectivity index (χ1v) is 14.2. The second kappa shape index (κ2) is 13.2. The number of nitriles is 1. The molecule has 0 bridgehead atoms. The molecule has 44 heavy (non-hydrogen) atoms. The molecular weight excluding hydrogens is 569 g/mol. The molecule has 0 aliphatic carbocycles. The van der Waals surface area contributed by atoms with E-state index in [1.54, 1.807) is 31.2 Å². The minimum atomic E-state index is -4.67. The maximum absolute atomic E-state index is 14.4. The summed E-state index contributed by atoms with van der Waals surface area (Å²) in [7, 11) is 1.88. The molecule has 7 nitrogen and oxygen atoms in total. The van der Waals surface area contributed by atoms with Gasteiger partial charge in [-0.15, -0.1) is 0 Å². The SMILES string of the molecule is CCN(CCN(C)c1ccccc1)C(=O)C1C(=O)N(c2cccc(C(F)(F)F)c2)C(C)=C(C(C)=O)C1c1ccc(C#N)cc1. The fraction of sp³-hybridized carbons (Fsp3) is 0.294. The van der Waals surface area contributed by atoms with E-state index in [-0.39, 0.29) is 30.0 Å². The van der Waals surface area contributed by atoms with Crippen molar-refractivity contribution in [3.8, 4) is 6.07 Å². The van der Waals surface area contributed by atoms with Crippen molar-refractivity contribution in [3.63, 3.8) is 0 Å². The van der Waals surface area contributed by atoms with Crippen LogP contribution < -0.4 is 9.80 Å². The second-order valence-electron chi connectivity index (χ2n) is 10.6. The number of Topliss-reactive ketones (excluding diaryl/α,β-unsaturated/α-hetero) is 1. The molecule has 2 amide bonds. The number of allylic oxidation sites excluding steroid dienone is 2. The fourth-order valence-corrected chi connectivity index (χ4v) is 5.65. The van der Waals surface area contributed by atoms with Crippen LogP contribution >= 0.6 is 0 Å². The highest BCUT2D eigenvalue weighted by Gasteiger charge is 2.48. The molecule has 0 saturated heterocycles. The van der Waals surface area contributed by atoms with Crippen LogP contribution in [0.4, 0.5) is 24.5 Å². The molecule has 3 aromatic carbocycles. The predicted octanol–water partition coefficient (Wildman–Crippen LogP) is 6.17. The van der Waals surface area contributed by atoms with E-state index in [2.05, 4.69) is 0 Å². The van der Waals surface area contributed by atoms with E-state index in [9.17, 15) is 32.8 Å². The van der Waals surface area contributed by atoms with Gasteiger partial charge in [-0.05, 0) is 68.8 Å². The summed E-state index contributed by atoms with van der Waals surface area (Å²) >= 11 is 0. The lowest BCUT2D eigenvalue weighted by Gasteiger charge is -2.41. The average Bonchev–Trinajstić information content (AvgIpc) is 3.01. The summed E-state index contributed by atoms with van der Waals surface area (Å²) in [6, 6.07) is 22.2. The third kappa shape index (κ3) is 6.52. The summed E-state index contributed by atoms with van der Waals surface area (Å²) in [6.07, 6.45) is -4.67. The Morgan fingerprint density at radius 3 is 2.20 bits per heavy atom. The molecule has 1 aliphatic heterocycles. The first-order valence-electron chi connectivity index (χ1n) is 14.2. The van der Waals surface area contributed by atoms with Crippen molar-refractivity contribution in [2.45, 2.75) is 32.9 Å². The van der Waals surface area contributed by atoms with Crippen molar-refractivity contribution in [1.29, 1.82) is 5.26 Å². The van der Waals surface area contributed by atoms with Crippen LogP contribution in [0.15, 0.2) is 90.1 Å². The van der Waals surface area contributed by atoms with Gasteiger partial charge in [-0.3, -0.25) is 19.3 Å². The number of hydrogen-bond acceptors (Lipinski definition) is 5. The largest absolute Gasteiger partial charge is 0.416 e. The number of benzene rings is 3. The number of carbonyl (C=O) groups is 3. The highest BCUT2D eigenvalue weighted by atomic mass is 19.4. The van der Waals surface area contributed by atoms with E-state index in [1.165, 1.54) is 30.9 Å². The lowest BCUT2D eigenvalue weighted by atomic mass is 9.74. The Morgan fingerprint density at radius 1 is 0.977 bits per heavy atom. The highest BCUT2D eigenvalue weighted by molar-refractivity contribution is 6.15. The molecular formula is C34H33F3N4O3. The molecule has 0 aromatic heterocycles. The number of alkyl halides is 3. The first kappa shape index (κ1) is 32.0. The molecule has 1 heterocycles. The molecule has 0 N–H and O–H groups in total. The maximum atomic E-state index is 14.4. The monoisotopic (exact) mass is 602 g/mol. The van der Waals surface area contributed by atoms with E-state index in [1.807, 2.05) is 48.3 Å². The van der Waals surface area contributed by atoms with Gasteiger partial charge in [0.25, 0.3) is 0 Å². The topological polar surface area (TPSA) is 84.7 Å². The summed E-state index contributed by atoms with van der Waals surface area (Å²) in [4.78, 5) is 46.5. The molecule has 0 saturated carbocycles. The zero-order valence-electron chi connectivity index (χ0n) is 24.9. The molecule has 3 aromatic rings. The van der Waals surface area contributed by atoms with E-state index in [4.69, 9.17) is 0 Å². The van der Waals surface area contributed by atoms with Crippen molar-refractivity contribution in [3.05, 3.63) is 107 Å². The molecule has 0 radical (unpaired) electrons. The first-order chi connectivity index (χ1) is 20.9. The molecule has 4 rings (SSSR count). The number of halogens is 3. The second-order valence-corrected chi connectivity index (χ2v) is 10.6. The molecule has 2 atom stereocenters. The Kier molecular flexibility index (Phi) is 9.58. The van der Waals surface area contributed by atoms with Gasteiger partial charge in [-0.2, -0.15) is 18.4 Å². The van der Waals surface area contributed by atoms with Crippen LogP contribution in [0.1, 0.15) is 43.4 Å². The fourth-order valence-electron chi connectivity index (χ4n) is 5.65. The van der Waals surface area contributed by atoms with Crippen LogP contribution in [-0.4, -0.2) is 49.2 Å². The van der Waals surface area contributed by atoms with Gasteiger partial charge in [0.15, 0.2) is 5.78 Å². The lowest BCUT2D eigenvalue weighted by Crippen LogP contribution is -2.52. The Hall–Kier alpha value is -4.91. The van der Waals surface area contributed by atoms with Gasteiger partial charge in [0, 0.05) is 55.2 Å². The number of amides is 2. The van der Waals surface area contributed by atoms with Gasteiger partial charge in [0.05, 0.1) is 17.2 Å². The van der Waals surface area contributed by atoms with Gasteiger partial charge >= 0.3 is 6.18 Å². The van der Waals surface area contributed by atoms with E-state index < -0.39 is 41.2 Å². The van der Waals surface area contributed by atoms with Crippen LogP contribution in [0.3, 0.4) is 0 Å². The van der Waals surface area contributed by atoms with Gasteiger partial charge in [0.2, 0.25) is 11.8 Å². The van der Waals surface area contributed by atoms with Gasteiger partial charge in [0.1, 0.15) is 5.92 Å². The smallest absolute Gasteiger partial charge is 0.373 e. The molecule has 2 unspecified atom stereocenters. The summed E-state index contributed by atoms with van der Waals surface area (Å²) in [6.45, 7) is 5.54. The van der Waals surface area contributed by atoms with Crippen LogP contribution in [0, 0.1) is 17.2 Å². The van der Waals surface area contributed by atoms with Crippen LogP contribution in [0.2, 0.25) is 0 Å². The third-order valence-electron chi connectivity index (χ3n) is 7.93. The zero-order chi connectivity index (χ0) is 32.2. The van der Waals surface area contributed by atoms with Gasteiger partial charge in [-0.25, -0.2) is 0 Å². The van der Waals surface area contributed by atoms with Crippen molar-refractivity contribution in [1.82, 2.24) is 4.90 Å². The normalized spacial score (nSPS) is 16.9. The molecule has 1 aliphatic rings. The Labute approximate surface area is 254 Å². The molecule has 10 heteroatoms. The Balaban J connectivity index is 1.83. The number of hydrogen-bond donors (Lipinski definition) is 0. The summed E-state index contributed by atoms with van der Waals surface area (Å²) in [5.74, 6) is -4.16. The number of para-hydroxylation sites is 1. The number of carbonyl (C=O) groups excluding carboxylic acids is 3. The van der Waals surface area contributed by atoms with E-state index >= 15 is 0 Å². The molecule has 228 valence electrons. The zero-order valence-corrected chi connectivity index (χ0v) is 24.9. The highest BCUT2D eigenvalue weighted by Crippen LogP contribution is 2.44. The summed E-state index contributed by atoms with van der Waals surface area (Å²) in [5.41, 5.74) is 0.998. The molecule has 0 fully saturated rings. The minimum Gasteiger partial charge on any atom is -0.373 e. The van der Waals surface area contributed by atoms with E-state index in [0.717, 1.165) is 22.7 Å². The number of ketones is 1. The van der Waals surface area contributed by atoms with Crippen molar-refractivity contribution >= 4 is 29.0 Å². The van der Waals surface area contributed by atoms with Gasteiger partial charge < -0.3 is 9.80 Å². The van der Waals surface area contributed by atoms with Crippen molar-refractivity contribution < 1.29 is 27.6 Å². The standard InChI is InChI=1S/C34H33F3N4O3/c1-5-40(19-18-39(4)27-11-7-6-8-12-27)32(43)31-30(25-16-14-24(21-38)15-17-25)29(23(3)42)22(2)41(33(31)44)28-13-9-10-26(20-28)34(35,36)37/h6-17,20,30-31H,5,18-19H2,1-4H3. The summed E-state index contributed by atoms with van der Waals surface area (Å²) < 4.78 is 41.0. The van der Waals surface area contributed by atoms with Crippen LogP contribution in [0.5, 0.6) is 0 Å². The van der Waals surface area contributed by atoms with Crippen molar-refractivity contribution in [2.75, 3.05) is 36.5 Å². The average molecular weight is 603 g/mol. The summed E-state index contributed by atoms with van der Waals surface area (Å²) in [5, 5.41) is 9.32. The number of rotatable bonds is 9. The van der Waals surface area contributed by atoms with E-state index in [0.29, 0.717) is 17.7 Å². The number of anilines is 2. The Morgan fingerprint density at radius 2 is 1.64 bits per heavy atom. The predicted molar refractivity (Wildman–Crippen MR) is 162 cm³/mol. The quantitative estimate of drug-likeness (QED) is 0.274. The van der Waals surface area contributed by atoms with Crippen molar-refractivity contribution in [2.24, 2.45) is 5.92 Å². The maximum Gasteiger partial charge on any atom is 0.416 e. The number of nitrogens with zero attached hydrogens (tertiary/aromatic N) is 4. The minimum absolute atomic E-state index is 0.0935. The van der Waals surface area contributed by atoms with Crippen LogP contribution in [-0.2, 0) is 20.6 Å².